The standard InChI is InChI=1S/C21H26F5N3O4/c1-6-29-13-9-11(2)7-8-14(13)33-12(3)15(16(29)30)28-18(32)19(4,5)17(31)27-10-20(22,23)21(24,25)26/h7-9,12,15H,6,10H2,1-5H3,(H,27,31)(H,28,32). The maximum absolute atomic E-state index is 13.2. The molecule has 12 heteroatoms. The lowest BCUT2D eigenvalue weighted by Crippen LogP contribution is -2.59. The van der Waals surface area contributed by atoms with Crippen molar-refractivity contribution in [2.75, 3.05) is 18.0 Å². The topological polar surface area (TPSA) is 87.7 Å². The van der Waals surface area contributed by atoms with Crippen molar-refractivity contribution in [3.63, 3.8) is 0 Å². The summed E-state index contributed by atoms with van der Waals surface area (Å²) in [5.41, 5.74) is -0.696. The Labute approximate surface area is 187 Å². The van der Waals surface area contributed by atoms with Crippen LogP contribution in [0.15, 0.2) is 18.2 Å². The van der Waals surface area contributed by atoms with Gasteiger partial charge in [0, 0.05) is 6.54 Å². The SMILES string of the molecule is CCN1C(=O)C(NC(=O)C(C)(C)C(=O)NCC(F)(F)C(F)(F)F)C(C)Oc2ccc(C)cc21. The lowest BCUT2D eigenvalue weighted by atomic mass is 9.90. The average Bonchev–Trinajstić information content (AvgIpc) is 2.79. The molecule has 2 unspecified atom stereocenters. The fraction of sp³-hybridized carbons (Fsp3) is 0.571. The summed E-state index contributed by atoms with van der Waals surface area (Å²) in [5.74, 6) is -7.68. The van der Waals surface area contributed by atoms with E-state index in [1.807, 2.05) is 6.92 Å². The molecule has 7 nitrogen and oxygen atoms in total. The minimum Gasteiger partial charge on any atom is -0.486 e. The number of halogens is 5. The molecule has 0 saturated carbocycles. The van der Waals surface area contributed by atoms with Crippen LogP contribution in [0.4, 0.5) is 27.6 Å². The lowest BCUT2D eigenvalue weighted by Gasteiger charge is -2.30. The van der Waals surface area contributed by atoms with Crippen molar-refractivity contribution in [1.82, 2.24) is 10.6 Å². The minimum absolute atomic E-state index is 0.244. The van der Waals surface area contributed by atoms with Gasteiger partial charge in [0.15, 0.2) is 0 Å². The second kappa shape index (κ2) is 9.14. The van der Waals surface area contributed by atoms with E-state index < -0.39 is 53.9 Å². The monoisotopic (exact) mass is 479 g/mol. The molecule has 1 aliphatic rings. The van der Waals surface area contributed by atoms with Crippen LogP contribution in [0, 0.1) is 12.3 Å². The number of amides is 3. The van der Waals surface area contributed by atoms with Crippen molar-refractivity contribution in [2.24, 2.45) is 5.41 Å². The Hall–Kier alpha value is -2.92. The number of hydrogen-bond acceptors (Lipinski definition) is 4. The molecule has 0 spiro atoms. The summed E-state index contributed by atoms with van der Waals surface area (Å²) in [6.07, 6.45) is -6.73. The van der Waals surface area contributed by atoms with Gasteiger partial charge in [-0.3, -0.25) is 14.4 Å². The van der Waals surface area contributed by atoms with Gasteiger partial charge in [-0.2, -0.15) is 22.0 Å². The van der Waals surface area contributed by atoms with Crippen molar-refractivity contribution in [2.45, 2.75) is 58.9 Å². The second-order valence-electron chi connectivity index (χ2n) is 8.34. The maximum atomic E-state index is 13.2. The Morgan fingerprint density at radius 1 is 1.12 bits per heavy atom. The summed E-state index contributed by atoms with van der Waals surface area (Å²) >= 11 is 0. The molecule has 0 radical (unpaired) electrons. The Morgan fingerprint density at radius 2 is 1.73 bits per heavy atom. The Kier molecular flexibility index (Phi) is 7.30. The third kappa shape index (κ3) is 5.36. The zero-order valence-corrected chi connectivity index (χ0v) is 18.8. The zero-order chi connectivity index (χ0) is 25.4. The van der Waals surface area contributed by atoms with E-state index in [0.29, 0.717) is 11.4 Å². The Morgan fingerprint density at radius 3 is 2.27 bits per heavy atom. The average molecular weight is 479 g/mol. The van der Waals surface area contributed by atoms with Gasteiger partial charge in [0.2, 0.25) is 11.8 Å². The van der Waals surface area contributed by atoms with Gasteiger partial charge in [-0.25, -0.2) is 0 Å². The highest BCUT2D eigenvalue weighted by Crippen LogP contribution is 2.36. The molecular weight excluding hydrogens is 453 g/mol. The van der Waals surface area contributed by atoms with Crippen molar-refractivity contribution in [1.29, 1.82) is 0 Å². The fourth-order valence-electron chi connectivity index (χ4n) is 3.14. The number of rotatable bonds is 6. The minimum atomic E-state index is -5.86. The number of carbonyl (C=O) groups excluding carboxylic acids is 3. The predicted octanol–water partition coefficient (Wildman–Crippen LogP) is 2.95. The molecule has 0 bridgehead atoms. The number of hydrogen-bond donors (Lipinski definition) is 2. The first-order chi connectivity index (χ1) is 15.0. The number of likely N-dealkylation sites (N-methyl/N-ethyl adjacent to an activating group) is 1. The van der Waals surface area contributed by atoms with E-state index in [1.165, 1.54) is 17.1 Å². The van der Waals surface area contributed by atoms with E-state index in [1.54, 1.807) is 25.1 Å². The van der Waals surface area contributed by atoms with Gasteiger partial charge in [0.1, 0.15) is 23.3 Å². The van der Waals surface area contributed by atoms with Crippen LogP contribution >= 0.6 is 0 Å². The summed E-state index contributed by atoms with van der Waals surface area (Å²) in [6.45, 7) is 5.40. The molecule has 2 atom stereocenters. The summed E-state index contributed by atoms with van der Waals surface area (Å²) in [4.78, 5) is 39.7. The smallest absolute Gasteiger partial charge is 0.455 e. The number of anilines is 1. The van der Waals surface area contributed by atoms with Crippen LogP contribution in [-0.4, -0.2) is 55.1 Å². The third-order valence-corrected chi connectivity index (χ3v) is 5.34. The molecule has 1 aromatic rings. The Balaban J connectivity index is 2.20. The van der Waals surface area contributed by atoms with E-state index >= 15 is 0 Å². The first kappa shape index (κ1) is 26.3. The first-order valence-corrected chi connectivity index (χ1v) is 10.2. The van der Waals surface area contributed by atoms with E-state index in [9.17, 15) is 36.3 Å². The summed E-state index contributed by atoms with van der Waals surface area (Å²) < 4.78 is 69.1. The Bertz CT molecular complexity index is 933. The van der Waals surface area contributed by atoms with Crippen LogP contribution < -0.4 is 20.3 Å². The van der Waals surface area contributed by atoms with Crippen LogP contribution in [0.2, 0.25) is 0 Å². The van der Waals surface area contributed by atoms with Gasteiger partial charge >= 0.3 is 12.1 Å². The fourth-order valence-corrected chi connectivity index (χ4v) is 3.14. The van der Waals surface area contributed by atoms with Crippen molar-refractivity contribution < 1.29 is 41.1 Å². The van der Waals surface area contributed by atoms with Gasteiger partial charge in [-0.1, -0.05) is 6.07 Å². The molecule has 1 aromatic carbocycles. The molecular formula is C21H26F5N3O4. The predicted molar refractivity (Wildman–Crippen MR) is 109 cm³/mol. The molecule has 0 saturated heterocycles. The largest absolute Gasteiger partial charge is 0.486 e. The highest BCUT2D eigenvalue weighted by molar-refractivity contribution is 6.07. The van der Waals surface area contributed by atoms with E-state index in [0.717, 1.165) is 19.4 Å². The van der Waals surface area contributed by atoms with Crippen molar-refractivity contribution >= 4 is 23.4 Å². The molecule has 0 aliphatic carbocycles. The van der Waals surface area contributed by atoms with E-state index in [4.69, 9.17) is 4.74 Å². The lowest BCUT2D eigenvalue weighted by molar-refractivity contribution is -0.278. The van der Waals surface area contributed by atoms with Crippen LogP contribution in [0.3, 0.4) is 0 Å². The normalized spacial score (nSPS) is 19.3. The van der Waals surface area contributed by atoms with Gasteiger partial charge in [-0.15, -0.1) is 0 Å². The number of nitrogens with zero attached hydrogens (tertiary/aromatic N) is 1. The quantitative estimate of drug-likeness (QED) is 0.485. The molecule has 2 N–H and O–H groups in total. The zero-order valence-electron chi connectivity index (χ0n) is 18.8. The summed E-state index contributed by atoms with van der Waals surface area (Å²) in [7, 11) is 0. The highest BCUT2D eigenvalue weighted by Gasteiger charge is 2.57. The van der Waals surface area contributed by atoms with Crippen LogP contribution in [0.25, 0.3) is 0 Å². The molecule has 184 valence electrons. The molecule has 1 aliphatic heterocycles. The van der Waals surface area contributed by atoms with Crippen LogP contribution in [-0.2, 0) is 14.4 Å². The van der Waals surface area contributed by atoms with Crippen LogP contribution in [0.5, 0.6) is 5.75 Å². The summed E-state index contributed by atoms with van der Waals surface area (Å²) in [6, 6.07) is 3.96. The van der Waals surface area contributed by atoms with Crippen molar-refractivity contribution in [3.8, 4) is 5.75 Å². The molecule has 1 heterocycles. The number of carbonyl (C=O) groups is 3. The third-order valence-electron chi connectivity index (χ3n) is 5.34. The molecule has 0 fully saturated rings. The molecule has 33 heavy (non-hydrogen) atoms. The van der Waals surface area contributed by atoms with Gasteiger partial charge < -0.3 is 20.3 Å². The summed E-state index contributed by atoms with van der Waals surface area (Å²) in [5, 5.41) is 3.86. The van der Waals surface area contributed by atoms with E-state index in [2.05, 4.69) is 5.32 Å². The number of nitrogens with one attached hydrogen (secondary N) is 2. The van der Waals surface area contributed by atoms with Crippen molar-refractivity contribution in [3.05, 3.63) is 23.8 Å². The molecule has 3 amide bonds. The second-order valence-corrected chi connectivity index (χ2v) is 8.34. The number of fused-ring (bicyclic) bond motifs is 1. The molecule has 0 aromatic heterocycles. The molecule has 2 rings (SSSR count). The number of alkyl halides is 5. The number of aryl methyl sites for hydroxylation is 1. The highest BCUT2D eigenvalue weighted by atomic mass is 19.4. The van der Waals surface area contributed by atoms with Gasteiger partial charge in [0.05, 0.1) is 12.2 Å². The van der Waals surface area contributed by atoms with Gasteiger partial charge in [-0.05, 0) is 52.3 Å². The van der Waals surface area contributed by atoms with Gasteiger partial charge in [0.25, 0.3) is 5.91 Å². The van der Waals surface area contributed by atoms with Crippen LogP contribution in [0.1, 0.15) is 33.3 Å². The first-order valence-electron chi connectivity index (χ1n) is 10.2. The van der Waals surface area contributed by atoms with E-state index in [-0.39, 0.29) is 6.54 Å². The number of ether oxygens (including phenoxy) is 1. The maximum Gasteiger partial charge on any atom is 0.455 e. The number of benzene rings is 1.